The SMILES string of the molecule is Cc1ccc(NC(=O)Cc2nc(Cn3nnc(-c4ccc(C(N)=O)cc4)n3)cs2)cc1. The lowest BCUT2D eigenvalue weighted by Crippen LogP contribution is -2.14. The summed E-state index contributed by atoms with van der Waals surface area (Å²) in [6.45, 7) is 2.33. The molecule has 10 heteroatoms. The number of carbonyl (C=O) groups is 2. The molecule has 156 valence electrons. The Labute approximate surface area is 181 Å². The van der Waals surface area contributed by atoms with Gasteiger partial charge in [-0.25, -0.2) is 4.98 Å². The molecule has 4 aromatic rings. The maximum atomic E-state index is 12.2. The van der Waals surface area contributed by atoms with Crippen molar-refractivity contribution in [2.24, 2.45) is 5.73 Å². The number of nitrogens with two attached hydrogens (primary N) is 1. The van der Waals surface area contributed by atoms with Crippen LogP contribution in [0.5, 0.6) is 0 Å². The molecule has 0 spiro atoms. The highest BCUT2D eigenvalue weighted by molar-refractivity contribution is 7.09. The normalized spacial score (nSPS) is 10.7. The number of primary amides is 1. The van der Waals surface area contributed by atoms with Gasteiger partial charge in [-0.15, -0.1) is 21.5 Å². The molecule has 0 aliphatic carbocycles. The van der Waals surface area contributed by atoms with E-state index in [2.05, 4.69) is 25.7 Å². The molecule has 0 saturated heterocycles. The van der Waals surface area contributed by atoms with Crippen LogP contribution in [0.3, 0.4) is 0 Å². The van der Waals surface area contributed by atoms with Gasteiger partial charge in [0, 0.05) is 22.2 Å². The second-order valence-corrected chi connectivity index (χ2v) is 7.85. The first kappa shape index (κ1) is 20.4. The summed E-state index contributed by atoms with van der Waals surface area (Å²) in [5.74, 6) is -0.177. The Kier molecular flexibility index (Phi) is 5.80. The number of benzene rings is 2. The first-order valence-electron chi connectivity index (χ1n) is 9.44. The Morgan fingerprint density at radius 3 is 2.55 bits per heavy atom. The molecule has 2 aromatic carbocycles. The van der Waals surface area contributed by atoms with E-state index in [0.717, 1.165) is 22.5 Å². The molecule has 3 N–H and O–H groups in total. The fraction of sp³-hybridized carbons (Fsp3) is 0.143. The Bertz CT molecular complexity index is 1210. The van der Waals surface area contributed by atoms with Crippen LogP contribution >= 0.6 is 11.3 Å². The van der Waals surface area contributed by atoms with Crippen molar-refractivity contribution in [1.82, 2.24) is 25.2 Å². The third-order valence-corrected chi connectivity index (χ3v) is 5.33. The maximum Gasteiger partial charge on any atom is 0.248 e. The van der Waals surface area contributed by atoms with E-state index in [4.69, 9.17) is 5.73 Å². The molecule has 0 fully saturated rings. The summed E-state index contributed by atoms with van der Waals surface area (Å²) >= 11 is 1.41. The van der Waals surface area contributed by atoms with E-state index in [-0.39, 0.29) is 12.3 Å². The number of nitrogens with zero attached hydrogens (tertiary/aromatic N) is 5. The summed E-state index contributed by atoms with van der Waals surface area (Å²) in [5, 5.41) is 17.9. The summed E-state index contributed by atoms with van der Waals surface area (Å²) in [6, 6.07) is 14.3. The number of nitrogens with one attached hydrogen (secondary N) is 1. The molecule has 9 nitrogen and oxygen atoms in total. The van der Waals surface area contributed by atoms with E-state index in [1.807, 2.05) is 36.6 Å². The molecule has 2 aromatic heterocycles. The van der Waals surface area contributed by atoms with Crippen LogP contribution in [0.1, 0.15) is 26.6 Å². The van der Waals surface area contributed by atoms with Gasteiger partial charge in [-0.2, -0.15) is 4.80 Å². The Balaban J connectivity index is 1.36. The highest BCUT2D eigenvalue weighted by atomic mass is 32.1. The molecule has 2 amide bonds. The Hall–Kier alpha value is -3.92. The van der Waals surface area contributed by atoms with Crippen molar-refractivity contribution in [2.75, 3.05) is 5.32 Å². The summed E-state index contributed by atoms with van der Waals surface area (Å²) in [6.07, 6.45) is 0.195. The topological polar surface area (TPSA) is 129 Å². The first-order chi connectivity index (χ1) is 15.0. The summed E-state index contributed by atoms with van der Waals surface area (Å²) < 4.78 is 0. The summed E-state index contributed by atoms with van der Waals surface area (Å²) in [4.78, 5) is 29.3. The van der Waals surface area contributed by atoms with Gasteiger partial charge in [0.05, 0.1) is 12.1 Å². The van der Waals surface area contributed by atoms with Gasteiger partial charge in [-0.1, -0.05) is 29.8 Å². The molecule has 0 atom stereocenters. The Morgan fingerprint density at radius 2 is 1.84 bits per heavy atom. The number of rotatable bonds is 7. The van der Waals surface area contributed by atoms with Crippen LogP contribution in [0.15, 0.2) is 53.9 Å². The van der Waals surface area contributed by atoms with E-state index in [0.29, 0.717) is 22.9 Å². The number of thiazole rings is 1. The van der Waals surface area contributed by atoms with Gasteiger partial charge in [-0.3, -0.25) is 9.59 Å². The van der Waals surface area contributed by atoms with Crippen LogP contribution in [0.2, 0.25) is 0 Å². The predicted molar refractivity (Wildman–Crippen MR) is 116 cm³/mol. The number of amides is 2. The maximum absolute atomic E-state index is 12.2. The molecule has 0 aliphatic heterocycles. The second kappa shape index (κ2) is 8.84. The number of tetrazole rings is 1. The van der Waals surface area contributed by atoms with Gasteiger partial charge < -0.3 is 11.1 Å². The van der Waals surface area contributed by atoms with Crippen LogP contribution in [-0.4, -0.2) is 37.0 Å². The first-order valence-corrected chi connectivity index (χ1v) is 10.3. The van der Waals surface area contributed by atoms with E-state index < -0.39 is 5.91 Å². The van der Waals surface area contributed by atoms with Crippen molar-refractivity contribution >= 4 is 28.8 Å². The minimum Gasteiger partial charge on any atom is -0.366 e. The zero-order chi connectivity index (χ0) is 21.8. The van der Waals surface area contributed by atoms with Crippen LogP contribution in [0.4, 0.5) is 5.69 Å². The van der Waals surface area contributed by atoms with Gasteiger partial charge in [0.25, 0.3) is 0 Å². The number of aryl methyl sites for hydroxylation is 1. The summed E-state index contributed by atoms with van der Waals surface area (Å²) in [7, 11) is 0. The average Bonchev–Trinajstić information content (AvgIpc) is 3.39. The largest absolute Gasteiger partial charge is 0.366 e. The number of aromatic nitrogens is 5. The fourth-order valence-electron chi connectivity index (χ4n) is 2.84. The third-order valence-electron chi connectivity index (χ3n) is 4.43. The zero-order valence-corrected chi connectivity index (χ0v) is 17.5. The molecule has 0 bridgehead atoms. The van der Waals surface area contributed by atoms with Crippen LogP contribution in [-0.2, 0) is 17.8 Å². The van der Waals surface area contributed by atoms with Gasteiger partial charge >= 0.3 is 0 Å². The molecule has 0 aliphatic rings. The minimum absolute atomic E-state index is 0.120. The van der Waals surface area contributed by atoms with Gasteiger partial charge in [-0.05, 0) is 36.4 Å². The molecule has 0 unspecified atom stereocenters. The molecule has 0 saturated carbocycles. The molecule has 31 heavy (non-hydrogen) atoms. The van der Waals surface area contributed by atoms with Crippen LogP contribution < -0.4 is 11.1 Å². The lowest BCUT2D eigenvalue weighted by molar-refractivity contribution is -0.115. The van der Waals surface area contributed by atoms with Crippen molar-refractivity contribution < 1.29 is 9.59 Å². The fourth-order valence-corrected chi connectivity index (χ4v) is 3.62. The minimum atomic E-state index is -0.491. The number of hydrogen-bond donors (Lipinski definition) is 2. The summed E-state index contributed by atoms with van der Waals surface area (Å²) in [5.41, 5.74) is 9.03. The second-order valence-electron chi connectivity index (χ2n) is 6.91. The van der Waals surface area contributed by atoms with E-state index >= 15 is 0 Å². The van der Waals surface area contributed by atoms with Crippen LogP contribution in [0, 0.1) is 6.92 Å². The average molecular weight is 433 g/mol. The highest BCUT2D eigenvalue weighted by Gasteiger charge is 2.11. The molecule has 4 rings (SSSR count). The standard InChI is InChI=1S/C21H19N7O2S/c1-13-2-8-16(9-3-13)23-18(29)10-19-24-17(12-31-19)11-28-26-21(25-27-28)15-6-4-14(5-7-15)20(22)30/h2-9,12H,10-11H2,1H3,(H2,22,30)(H,23,29). The lowest BCUT2D eigenvalue weighted by atomic mass is 10.1. The lowest BCUT2D eigenvalue weighted by Gasteiger charge is -2.04. The zero-order valence-electron chi connectivity index (χ0n) is 16.6. The number of carbonyl (C=O) groups excluding carboxylic acids is 2. The predicted octanol–water partition coefficient (Wildman–Crippen LogP) is 2.43. The van der Waals surface area contributed by atoms with Crippen molar-refractivity contribution in [3.8, 4) is 11.4 Å². The molecular weight excluding hydrogens is 414 g/mol. The van der Waals surface area contributed by atoms with E-state index in [1.54, 1.807) is 24.3 Å². The smallest absolute Gasteiger partial charge is 0.248 e. The molecule has 2 heterocycles. The van der Waals surface area contributed by atoms with Crippen molar-refractivity contribution in [3.63, 3.8) is 0 Å². The monoisotopic (exact) mass is 433 g/mol. The van der Waals surface area contributed by atoms with E-state index in [9.17, 15) is 9.59 Å². The number of anilines is 1. The van der Waals surface area contributed by atoms with E-state index in [1.165, 1.54) is 16.1 Å². The van der Waals surface area contributed by atoms with Gasteiger partial charge in [0.2, 0.25) is 17.6 Å². The highest BCUT2D eigenvalue weighted by Crippen LogP contribution is 2.16. The van der Waals surface area contributed by atoms with Crippen molar-refractivity contribution in [1.29, 1.82) is 0 Å². The third kappa shape index (κ3) is 5.17. The molecule has 0 radical (unpaired) electrons. The van der Waals surface area contributed by atoms with Crippen molar-refractivity contribution in [3.05, 3.63) is 75.7 Å². The van der Waals surface area contributed by atoms with Crippen molar-refractivity contribution in [2.45, 2.75) is 19.9 Å². The Morgan fingerprint density at radius 1 is 1.10 bits per heavy atom. The number of hydrogen-bond acceptors (Lipinski definition) is 7. The quantitative estimate of drug-likeness (QED) is 0.461. The van der Waals surface area contributed by atoms with Gasteiger partial charge in [0.1, 0.15) is 11.6 Å². The van der Waals surface area contributed by atoms with Crippen LogP contribution in [0.25, 0.3) is 11.4 Å². The van der Waals surface area contributed by atoms with Gasteiger partial charge in [0.15, 0.2) is 0 Å². The molecular formula is C21H19N7O2S.